The van der Waals surface area contributed by atoms with Crippen molar-refractivity contribution in [2.75, 3.05) is 26.6 Å². The molecule has 0 spiro atoms. The molecule has 0 bridgehead atoms. The molecule has 7 heteroatoms. The monoisotopic (exact) mass is 269 g/mol. The Kier molecular flexibility index (Phi) is 5.11. The summed E-state index contributed by atoms with van der Waals surface area (Å²) in [5.41, 5.74) is 6.21. The maximum atomic E-state index is 8.62. The van der Waals surface area contributed by atoms with Gasteiger partial charge in [-0.1, -0.05) is 5.16 Å². The van der Waals surface area contributed by atoms with Crippen LogP contribution in [0.2, 0.25) is 0 Å². The summed E-state index contributed by atoms with van der Waals surface area (Å²) in [5.74, 6) is 1.63. The fraction of sp³-hybridized carbons (Fsp3) is 0.417. The summed E-state index contributed by atoms with van der Waals surface area (Å²) in [4.78, 5) is 0. The maximum absolute atomic E-state index is 8.62. The smallest absolute Gasteiger partial charge is 0.203 e. The van der Waals surface area contributed by atoms with Gasteiger partial charge >= 0.3 is 0 Å². The Morgan fingerprint density at radius 3 is 2.11 bits per heavy atom. The van der Waals surface area contributed by atoms with E-state index in [-0.39, 0.29) is 11.9 Å². The summed E-state index contributed by atoms with van der Waals surface area (Å²) < 4.78 is 15.7. The van der Waals surface area contributed by atoms with Crippen LogP contribution in [0.4, 0.5) is 5.69 Å². The molecule has 1 atom stereocenters. The molecule has 1 unspecified atom stereocenters. The molecule has 0 fully saturated rings. The number of benzene rings is 1. The molecular formula is C12H19N3O4. The van der Waals surface area contributed by atoms with Crippen molar-refractivity contribution < 1.29 is 19.4 Å². The minimum atomic E-state index is -0.340. The third-order valence-corrected chi connectivity index (χ3v) is 2.61. The lowest BCUT2D eigenvalue weighted by atomic mass is 10.2. The third kappa shape index (κ3) is 3.34. The Morgan fingerprint density at radius 1 is 1.21 bits per heavy atom. The predicted octanol–water partition coefficient (Wildman–Crippen LogP) is 1.26. The topological polar surface area (TPSA) is 98.3 Å². The highest BCUT2D eigenvalue weighted by Crippen LogP contribution is 2.40. The second-order valence-corrected chi connectivity index (χ2v) is 3.80. The lowest BCUT2D eigenvalue weighted by molar-refractivity contribution is 0.316. The summed E-state index contributed by atoms with van der Waals surface area (Å²) in [7, 11) is 4.61. The van der Waals surface area contributed by atoms with Crippen LogP contribution in [0, 0.1) is 0 Å². The molecule has 1 aromatic carbocycles. The molecule has 0 aliphatic carbocycles. The molecule has 0 saturated heterocycles. The molecule has 1 rings (SSSR count). The zero-order valence-electron chi connectivity index (χ0n) is 11.4. The first-order valence-electron chi connectivity index (χ1n) is 5.61. The molecular weight excluding hydrogens is 250 g/mol. The van der Waals surface area contributed by atoms with E-state index in [0.29, 0.717) is 22.9 Å². The fourth-order valence-electron chi connectivity index (χ4n) is 1.57. The Bertz CT molecular complexity index is 437. The number of hydrogen-bond donors (Lipinski definition) is 3. The van der Waals surface area contributed by atoms with E-state index in [1.165, 1.54) is 21.3 Å². The molecule has 7 nitrogen and oxygen atoms in total. The zero-order chi connectivity index (χ0) is 14.4. The molecule has 19 heavy (non-hydrogen) atoms. The quantitative estimate of drug-likeness (QED) is 0.311. The molecule has 0 amide bonds. The van der Waals surface area contributed by atoms with Gasteiger partial charge in [0.25, 0.3) is 0 Å². The number of anilines is 1. The van der Waals surface area contributed by atoms with Crippen LogP contribution >= 0.6 is 0 Å². The number of ether oxygens (including phenoxy) is 3. The van der Waals surface area contributed by atoms with Crippen LogP contribution in [-0.4, -0.2) is 38.4 Å². The highest BCUT2D eigenvalue weighted by Gasteiger charge is 2.15. The van der Waals surface area contributed by atoms with Crippen LogP contribution in [0.15, 0.2) is 17.3 Å². The molecule has 0 radical (unpaired) electrons. The first-order chi connectivity index (χ1) is 9.07. The van der Waals surface area contributed by atoms with Crippen molar-refractivity contribution in [2.24, 2.45) is 10.9 Å². The van der Waals surface area contributed by atoms with Crippen LogP contribution in [0.3, 0.4) is 0 Å². The van der Waals surface area contributed by atoms with Gasteiger partial charge < -0.3 is 30.5 Å². The van der Waals surface area contributed by atoms with Gasteiger partial charge in [0.05, 0.1) is 27.4 Å². The van der Waals surface area contributed by atoms with Gasteiger partial charge in [-0.05, 0) is 6.92 Å². The highest BCUT2D eigenvalue weighted by atomic mass is 16.5. The maximum Gasteiger partial charge on any atom is 0.203 e. The van der Waals surface area contributed by atoms with Crippen molar-refractivity contribution >= 4 is 11.5 Å². The summed E-state index contributed by atoms with van der Waals surface area (Å²) in [6, 6.07) is 3.14. The Labute approximate surface area is 111 Å². The largest absolute Gasteiger partial charge is 0.493 e. The number of amidine groups is 1. The number of rotatable bonds is 6. The average Bonchev–Trinajstić information content (AvgIpc) is 2.44. The third-order valence-electron chi connectivity index (χ3n) is 2.61. The van der Waals surface area contributed by atoms with Crippen molar-refractivity contribution in [1.29, 1.82) is 0 Å². The standard InChI is InChI=1S/C12H19N3O4/c1-7(12(13)15-16)14-8-5-9(17-2)11(19-4)10(6-8)18-3/h5-7,14,16H,1-4H3,(H2,13,15). The minimum absolute atomic E-state index is 0.0775. The van der Waals surface area contributed by atoms with Gasteiger partial charge in [0, 0.05) is 17.8 Å². The van der Waals surface area contributed by atoms with Gasteiger partial charge in [0.2, 0.25) is 5.75 Å². The van der Waals surface area contributed by atoms with Crippen LogP contribution < -0.4 is 25.3 Å². The van der Waals surface area contributed by atoms with Crippen LogP contribution in [0.1, 0.15) is 6.92 Å². The van der Waals surface area contributed by atoms with E-state index < -0.39 is 0 Å². The SMILES string of the molecule is COc1cc(NC(C)C(N)=NO)cc(OC)c1OC. The highest BCUT2D eigenvalue weighted by molar-refractivity contribution is 5.87. The molecule has 106 valence electrons. The van der Waals surface area contributed by atoms with Crippen LogP contribution in [-0.2, 0) is 0 Å². The first kappa shape index (κ1) is 14.7. The van der Waals surface area contributed by atoms with E-state index in [1.807, 2.05) is 0 Å². The van der Waals surface area contributed by atoms with Gasteiger partial charge in [-0.2, -0.15) is 0 Å². The molecule has 0 heterocycles. The summed E-state index contributed by atoms with van der Waals surface area (Å²) in [6.45, 7) is 1.76. The van der Waals surface area contributed by atoms with Crippen molar-refractivity contribution in [1.82, 2.24) is 0 Å². The van der Waals surface area contributed by atoms with Crippen molar-refractivity contribution in [3.05, 3.63) is 12.1 Å². The number of nitrogens with one attached hydrogen (secondary N) is 1. The van der Waals surface area contributed by atoms with E-state index in [4.69, 9.17) is 25.2 Å². The van der Waals surface area contributed by atoms with Gasteiger partial charge in [-0.3, -0.25) is 0 Å². The number of hydrogen-bond acceptors (Lipinski definition) is 6. The van der Waals surface area contributed by atoms with E-state index in [0.717, 1.165) is 0 Å². The average molecular weight is 269 g/mol. The van der Waals surface area contributed by atoms with Gasteiger partial charge in [-0.15, -0.1) is 0 Å². The second-order valence-electron chi connectivity index (χ2n) is 3.80. The zero-order valence-corrected chi connectivity index (χ0v) is 11.4. The molecule has 0 aromatic heterocycles. The predicted molar refractivity (Wildman–Crippen MR) is 72.6 cm³/mol. The molecule has 0 saturated carbocycles. The van der Waals surface area contributed by atoms with E-state index >= 15 is 0 Å². The first-order valence-corrected chi connectivity index (χ1v) is 5.61. The van der Waals surface area contributed by atoms with Crippen LogP contribution in [0.5, 0.6) is 17.2 Å². The van der Waals surface area contributed by atoms with Gasteiger partial charge in [0.1, 0.15) is 0 Å². The van der Waals surface area contributed by atoms with Crippen molar-refractivity contribution in [2.45, 2.75) is 13.0 Å². The minimum Gasteiger partial charge on any atom is -0.493 e. The number of methoxy groups -OCH3 is 3. The summed E-state index contributed by atoms with van der Waals surface area (Å²) >= 11 is 0. The number of nitrogens with zero attached hydrogens (tertiary/aromatic N) is 1. The van der Waals surface area contributed by atoms with Crippen LogP contribution in [0.25, 0.3) is 0 Å². The van der Waals surface area contributed by atoms with Gasteiger partial charge in [0.15, 0.2) is 17.3 Å². The Hall–Kier alpha value is -2.31. The fourth-order valence-corrected chi connectivity index (χ4v) is 1.57. The van der Waals surface area contributed by atoms with E-state index in [9.17, 15) is 0 Å². The number of nitrogens with two attached hydrogens (primary N) is 1. The second kappa shape index (κ2) is 6.58. The van der Waals surface area contributed by atoms with Crippen molar-refractivity contribution in [3.63, 3.8) is 0 Å². The van der Waals surface area contributed by atoms with Gasteiger partial charge in [-0.25, -0.2) is 0 Å². The lowest BCUT2D eigenvalue weighted by Crippen LogP contribution is -2.32. The normalized spacial score (nSPS) is 12.7. The summed E-state index contributed by atoms with van der Waals surface area (Å²) in [6.07, 6.45) is 0. The van der Waals surface area contributed by atoms with Crippen molar-refractivity contribution in [3.8, 4) is 17.2 Å². The molecule has 0 aliphatic heterocycles. The lowest BCUT2D eigenvalue weighted by Gasteiger charge is -2.17. The Morgan fingerprint density at radius 2 is 1.74 bits per heavy atom. The molecule has 1 aromatic rings. The molecule has 4 N–H and O–H groups in total. The number of oxime groups is 1. The van der Waals surface area contributed by atoms with E-state index in [1.54, 1.807) is 19.1 Å². The summed E-state index contributed by atoms with van der Waals surface area (Å²) in [5, 5.41) is 14.6. The van der Waals surface area contributed by atoms with E-state index in [2.05, 4.69) is 10.5 Å². The Balaban J connectivity index is 3.09. The molecule has 0 aliphatic rings.